The van der Waals surface area contributed by atoms with Gasteiger partial charge >= 0.3 is 0 Å². The summed E-state index contributed by atoms with van der Waals surface area (Å²) >= 11 is 7.47. The van der Waals surface area contributed by atoms with Crippen LogP contribution in [0.1, 0.15) is 10.4 Å². The van der Waals surface area contributed by atoms with E-state index in [1.165, 1.54) is 10.9 Å². The second-order valence-corrected chi connectivity index (χ2v) is 5.56. The minimum Gasteiger partial charge on any atom is -0.316 e. The van der Waals surface area contributed by atoms with E-state index >= 15 is 0 Å². The van der Waals surface area contributed by atoms with E-state index in [2.05, 4.69) is 5.32 Å². The van der Waals surface area contributed by atoms with Gasteiger partial charge in [0.05, 0.1) is 5.02 Å². The highest BCUT2D eigenvalue weighted by atomic mass is 35.5. The second-order valence-electron chi connectivity index (χ2n) is 3.86. The highest BCUT2D eigenvalue weighted by molar-refractivity contribution is 7.15. The van der Waals surface area contributed by atoms with Crippen molar-refractivity contribution in [3.8, 4) is 10.4 Å². The summed E-state index contributed by atoms with van der Waals surface area (Å²) in [5.41, 5.74) is 1.93. The number of nitrogens with one attached hydrogen (secondary N) is 1. The van der Waals surface area contributed by atoms with Gasteiger partial charge in [-0.25, -0.2) is 4.39 Å². The number of hydrogen-bond donors (Lipinski definition) is 1. The number of hydrogen-bond acceptors (Lipinski definition) is 2. The van der Waals surface area contributed by atoms with Crippen LogP contribution < -0.4 is 5.32 Å². The average molecular weight is 270 g/mol. The molecule has 0 aliphatic heterocycles. The summed E-state index contributed by atoms with van der Waals surface area (Å²) in [6.45, 7) is 2.71. The van der Waals surface area contributed by atoms with Gasteiger partial charge in [-0.2, -0.15) is 0 Å². The molecule has 0 atom stereocenters. The second kappa shape index (κ2) is 5.17. The Bertz CT molecular complexity index is 536. The van der Waals surface area contributed by atoms with Crippen LogP contribution in [-0.2, 0) is 6.54 Å². The average Bonchev–Trinajstić information content (AvgIpc) is 2.70. The number of halogens is 2. The first-order valence-electron chi connectivity index (χ1n) is 5.31. The van der Waals surface area contributed by atoms with Gasteiger partial charge in [0.15, 0.2) is 0 Å². The van der Waals surface area contributed by atoms with Gasteiger partial charge < -0.3 is 5.32 Å². The topological polar surface area (TPSA) is 12.0 Å². The lowest BCUT2D eigenvalue weighted by atomic mass is 10.1. The number of aryl methyl sites for hydroxylation is 1. The molecular formula is C13H13ClFNS. The zero-order chi connectivity index (χ0) is 12.4. The monoisotopic (exact) mass is 269 g/mol. The molecule has 0 bridgehead atoms. The molecule has 0 radical (unpaired) electrons. The first-order valence-corrected chi connectivity index (χ1v) is 6.50. The molecule has 0 saturated carbocycles. The molecule has 1 heterocycles. The van der Waals surface area contributed by atoms with Crippen molar-refractivity contribution in [2.45, 2.75) is 13.5 Å². The van der Waals surface area contributed by atoms with Gasteiger partial charge in [0.1, 0.15) is 5.82 Å². The van der Waals surface area contributed by atoms with Crippen LogP contribution in [0.4, 0.5) is 4.39 Å². The molecule has 0 aliphatic rings. The van der Waals surface area contributed by atoms with Crippen molar-refractivity contribution in [1.29, 1.82) is 0 Å². The summed E-state index contributed by atoms with van der Waals surface area (Å²) < 4.78 is 13.5. The number of thiophene rings is 1. The Balaban J connectivity index is 2.54. The van der Waals surface area contributed by atoms with Crippen LogP contribution in [0.2, 0.25) is 5.02 Å². The molecule has 1 nitrogen and oxygen atoms in total. The maximum atomic E-state index is 13.5. The molecule has 17 heavy (non-hydrogen) atoms. The van der Waals surface area contributed by atoms with Crippen LogP contribution in [0.5, 0.6) is 0 Å². The summed E-state index contributed by atoms with van der Waals surface area (Å²) in [6, 6.07) is 7.26. The van der Waals surface area contributed by atoms with Crippen molar-refractivity contribution in [1.82, 2.24) is 5.32 Å². The van der Waals surface area contributed by atoms with E-state index < -0.39 is 0 Å². The Morgan fingerprint density at radius 3 is 2.71 bits per heavy atom. The van der Waals surface area contributed by atoms with E-state index in [9.17, 15) is 4.39 Å². The molecular weight excluding hydrogens is 257 g/mol. The predicted molar refractivity (Wildman–Crippen MR) is 72.2 cm³/mol. The maximum Gasteiger partial charge on any atom is 0.142 e. The van der Waals surface area contributed by atoms with Crippen LogP contribution in [-0.4, -0.2) is 7.05 Å². The first-order chi connectivity index (χ1) is 8.11. The molecule has 0 aliphatic carbocycles. The molecule has 4 heteroatoms. The van der Waals surface area contributed by atoms with Gasteiger partial charge in [-0.05, 0) is 49.4 Å². The van der Waals surface area contributed by atoms with Gasteiger partial charge in [-0.15, -0.1) is 11.3 Å². The van der Waals surface area contributed by atoms with Crippen molar-refractivity contribution in [2.24, 2.45) is 0 Å². The normalized spacial score (nSPS) is 10.8. The first kappa shape index (κ1) is 12.6. The Kier molecular flexibility index (Phi) is 3.82. The summed E-state index contributed by atoms with van der Waals surface area (Å²) in [7, 11) is 1.86. The summed E-state index contributed by atoms with van der Waals surface area (Å²) in [4.78, 5) is 2.29. The number of benzene rings is 1. The van der Waals surface area contributed by atoms with E-state index in [1.807, 2.05) is 26.1 Å². The van der Waals surface area contributed by atoms with E-state index in [1.54, 1.807) is 17.4 Å². The van der Waals surface area contributed by atoms with Gasteiger partial charge in [-0.1, -0.05) is 11.6 Å². The zero-order valence-electron chi connectivity index (χ0n) is 9.68. The fraction of sp³-hybridized carbons (Fsp3) is 0.231. The van der Waals surface area contributed by atoms with Gasteiger partial charge in [0, 0.05) is 16.3 Å². The summed E-state index contributed by atoms with van der Waals surface area (Å²) in [5.74, 6) is -0.368. The molecule has 0 unspecified atom stereocenters. The Morgan fingerprint density at radius 2 is 2.12 bits per heavy atom. The molecule has 1 N–H and O–H groups in total. The smallest absolute Gasteiger partial charge is 0.142 e. The van der Waals surface area contributed by atoms with Crippen LogP contribution >= 0.6 is 22.9 Å². The van der Waals surface area contributed by atoms with Crippen molar-refractivity contribution in [2.75, 3.05) is 7.05 Å². The minimum atomic E-state index is -0.368. The van der Waals surface area contributed by atoms with Crippen molar-refractivity contribution in [3.63, 3.8) is 0 Å². The quantitative estimate of drug-likeness (QED) is 0.879. The lowest BCUT2D eigenvalue weighted by molar-refractivity contribution is 0.627. The van der Waals surface area contributed by atoms with E-state index in [0.717, 1.165) is 16.0 Å². The molecule has 0 saturated heterocycles. The third-order valence-electron chi connectivity index (χ3n) is 2.52. The predicted octanol–water partition coefficient (Wildman–Crippen LogP) is 4.24. The Hall–Kier alpha value is -0.900. The zero-order valence-corrected chi connectivity index (χ0v) is 11.3. The van der Waals surface area contributed by atoms with Gasteiger partial charge in [0.2, 0.25) is 0 Å². The highest BCUT2D eigenvalue weighted by Crippen LogP contribution is 2.33. The highest BCUT2D eigenvalue weighted by Gasteiger charge is 2.11. The molecule has 0 amide bonds. The summed E-state index contributed by atoms with van der Waals surface area (Å²) in [6.07, 6.45) is 0. The molecule has 90 valence electrons. The van der Waals surface area contributed by atoms with Crippen molar-refractivity contribution < 1.29 is 4.39 Å². The largest absolute Gasteiger partial charge is 0.316 e. The van der Waals surface area contributed by atoms with Crippen LogP contribution in [0.15, 0.2) is 24.3 Å². The van der Waals surface area contributed by atoms with Crippen LogP contribution in [0.3, 0.4) is 0 Å². The van der Waals surface area contributed by atoms with Gasteiger partial charge in [0.25, 0.3) is 0 Å². The molecule has 1 aromatic heterocycles. The van der Waals surface area contributed by atoms with E-state index in [-0.39, 0.29) is 10.8 Å². The Morgan fingerprint density at radius 1 is 1.35 bits per heavy atom. The van der Waals surface area contributed by atoms with E-state index in [4.69, 9.17) is 11.6 Å². The SMILES string of the molecule is CNCc1cc(Cl)c(F)cc1-c1ccc(C)s1. The third-order valence-corrected chi connectivity index (χ3v) is 3.84. The Labute approximate surface area is 109 Å². The molecule has 2 aromatic rings. The van der Waals surface area contributed by atoms with Crippen molar-refractivity contribution in [3.05, 3.63) is 45.5 Å². The lowest BCUT2D eigenvalue weighted by Gasteiger charge is -2.09. The molecule has 0 fully saturated rings. The fourth-order valence-electron chi connectivity index (χ4n) is 1.73. The van der Waals surface area contributed by atoms with E-state index in [0.29, 0.717) is 6.54 Å². The lowest BCUT2D eigenvalue weighted by Crippen LogP contribution is -2.06. The molecule has 2 rings (SSSR count). The third kappa shape index (κ3) is 2.68. The van der Waals surface area contributed by atoms with Gasteiger partial charge in [-0.3, -0.25) is 0 Å². The fourth-order valence-corrected chi connectivity index (χ4v) is 2.84. The maximum absolute atomic E-state index is 13.5. The standard InChI is InChI=1S/C13H13ClFNS/c1-8-3-4-13(17-8)10-6-12(15)11(14)5-9(10)7-16-2/h3-6,16H,7H2,1-2H3. The molecule has 1 aromatic carbocycles. The minimum absolute atomic E-state index is 0.173. The van der Waals surface area contributed by atoms with Crippen LogP contribution in [0.25, 0.3) is 10.4 Å². The number of rotatable bonds is 3. The van der Waals surface area contributed by atoms with Crippen LogP contribution in [0, 0.1) is 12.7 Å². The van der Waals surface area contributed by atoms with Crippen molar-refractivity contribution >= 4 is 22.9 Å². The molecule has 0 spiro atoms. The summed E-state index contributed by atoms with van der Waals surface area (Å²) in [5, 5.41) is 3.24.